The first kappa shape index (κ1) is 19.4. The molecule has 1 aliphatic rings. The molecule has 0 atom stereocenters. The summed E-state index contributed by atoms with van der Waals surface area (Å²) < 4.78 is 0. The average Bonchev–Trinajstić information content (AvgIpc) is 3.23. The van der Waals surface area contributed by atoms with Gasteiger partial charge in [-0.1, -0.05) is 23.7 Å². The number of anilines is 2. The van der Waals surface area contributed by atoms with Gasteiger partial charge in [-0.3, -0.25) is 9.59 Å². The molecule has 148 valence electrons. The predicted octanol–water partition coefficient (Wildman–Crippen LogP) is 3.42. The Bertz CT molecular complexity index is 1040. The van der Waals surface area contributed by atoms with Crippen LogP contribution in [-0.4, -0.2) is 40.3 Å². The minimum Gasteiger partial charge on any atom is -0.359 e. The Kier molecular flexibility index (Phi) is 5.46. The maximum absolute atomic E-state index is 12.9. The molecule has 4 rings (SSSR count). The van der Waals surface area contributed by atoms with Crippen LogP contribution in [0.3, 0.4) is 0 Å². The van der Waals surface area contributed by atoms with E-state index in [1.54, 1.807) is 40.6 Å². The first-order valence-electron chi connectivity index (χ1n) is 8.92. The van der Waals surface area contributed by atoms with Gasteiger partial charge in [-0.15, -0.1) is 11.3 Å². The van der Waals surface area contributed by atoms with Crippen molar-refractivity contribution in [3.05, 3.63) is 69.3 Å². The summed E-state index contributed by atoms with van der Waals surface area (Å²) in [5, 5.41) is 5.56. The lowest BCUT2D eigenvalue weighted by Gasteiger charge is -2.30. The highest BCUT2D eigenvalue weighted by Gasteiger charge is 2.27. The highest BCUT2D eigenvalue weighted by Crippen LogP contribution is 2.30. The van der Waals surface area contributed by atoms with Crippen LogP contribution in [0, 0.1) is 0 Å². The topological polar surface area (TPSA) is 78.4 Å². The quantitative estimate of drug-likeness (QED) is 0.675. The number of carbonyl (C=O) groups is 2. The highest BCUT2D eigenvalue weighted by molar-refractivity contribution is 7.07. The largest absolute Gasteiger partial charge is 0.359 e. The van der Waals surface area contributed by atoms with Crippen LogP contribution in [0.15, 0.2) is 47.4 Å². The van der Waals surface area contributed by atoms with E-state index in [9.17, 15) is 9.59 Å². The third kappa shape index (κ3) is 4.23. The Morgan fingerprint density at radius 3 is 2.83 bits per heavy atom. The number of amides is 2. The highest BCUT2D eigenvalue weighted by atomic mass is 35.5. The molecule has 9 heteroatoms. The number of benzene rings is 1. The molecule has 1 aromatic carbocycles. The van der Waals surface area contributed by atoms with Gasteiger partial charge >= 0.3 is 0 Å². The van der Waals surface area contributed by atoms with E-state index >= 15 is 0 Å². The van der Waals surface area contributed by atoms with E-state index in [1.165, 1.54) is 17.5 Å². The summed E-state index contributed by atoms with van der Waals surface area (Å²) in [4.78, 5) is 37.2. The Morgan fingerprint density at radius 2 is 2.10 bits per heavy atom. The van der Waals surface area contributed by atoms with Crippen molar-refractivity contribution in [1.82, 2.24) is 14.9 Å². The van der Waals surface area contributed by atoms with E-state index in [2.05, 4.69) is 15.3 Å². The van der Waals surface area contributed by atoms with E-state index in [-0.39, 0.29) is 18.4 Å². The number of pyridine rings is 1. The van der Waals surface area contributed by atoms with E-state index in [4.69, 9.17) is 11.6 Å². The van der Waals surface area contributed by atoms with Crippen LogP contribution in [-0.2, 0) is 17.9 Å². The smallest absolute Gasteiger partial charge is 0.255 e. The Labute approximate surface area is 177 Å². The molecule has 29 heavy (non-hydrogen) atoms. The molecule has 2 amide bonds. The second-order valence-corrected chi connectivity index (χ2v) is 7.85. The number of nitrogens with one attached hydrogen (secondary N) is 1. The normalized spacial score (nSPS) is 13.0. The lowest BCUT2D eigenvalue weighted by molar-refractivity contribution is -0.117. The van der Waals surface area contributed by atoms with Crippen molar-refractivity contribution in [1.29, 1.82) is 0 Å². The summed E-state index contributed by atoms with van der Waals surface area (Å²) in [7, 11) is 1.72. The lowest BCUT2D eigenvalue weighted by atomic mass is 10.1. The van der Waals surface area contributed by atoms with Gasteiger partial charge in [0.05, 0.1) is 42.1 Å². The number of nitrogens with zero attached hydrogens (tertiary/aromatic N) is 4. The molecular weight excluding hydrogens is 410 g/mol. The van der Waals surface area contributed by atoms with Gasteiger partial charge in [-0.2, -0.15) is 0 Å². The van der Waals surface area contributed by atoms with Gasteiger partial charge in [0.15, 0.2) is 5.82 Å². The molecule has 3 aromatic rings. The van der Waals surface area contributed by atoms with Crippen molar-refractivity contribution in [3.8, 4) is 0 Å². The maximum atomic E-state index is 12.9. The summed E-state index contributed by atoms with van der Waals surface area (Å²) in [5.41, 5.74) is 4.51. The number of thiazole rings is 1. The molecule has 0 unspecified atom stereocenters. The van der Waals surface area contributed by atoms with Crippen LogP contribution in [0.4, 0.5) is 11.5 Å². The summed E-state index contributed by atoms with van der Waals surface area (Å²) in [5.74, 6) is 0.310. The fraction of sp³-hybridized carbons (Fsp3) is 0.200. The van der Waals surface area contributed by atoms with E-state index < -0.39 is 0 Å². The summed E-state index contributed by atoms with van der Waals surface area (Å²) in [6.45, 7) is 0.939. The van der Waals surface area contributed by atoms with Gasteiger partial charge in [-0.25, -0.2) is 9.97 Å². The van der Waals surface area contributed by atoms with E-state index in [0.717, 1.165) is 11.3 Å². The third-order valence-corrected chi connectivity index (χ3v) is 5.48. The lowest BCUT2D eigenvalue weighted by Crippen LogP contribution is -2.40. The van der Waals surface area contributed by atoms with Crippen LogP contribution in [0.5, 0.6) is 0 Å². The van der Waals surface area contributed by atoms with Crippen molar-refractivity contribution < 1.29 is 9.59 Å². The second kappa shape index (κ2) is 8.18. The number of rotatable bonds is 5. The number of halogens is 1. The average molecular weight is 428 g/mol. The van der Waals surface area contributed by atoms with Crippen molar-refractivity contribution >= 4 is 46.3 Å². The zero-order valence-electron chi connectivity index (χ0n) is 15.6. The molecule has 0 bridgehead atoms. The molecule has 3 heterocycles. The summed E-state index contributed by atoms with van der Waals surface area (Å²) in [6.07, 6.45) is 1.53. The molecule has 7 nitrogen and oxygen atoms in total. The number of carbonyl (C=O) groups excluding carboxylic acids is 2. The molecular formula is C20H18ClN5O2S. The first-order valence-corrected chi connectivity index (χ1v) is 10.2. The van der Waals surface area contributed by atoms with Crippen LogP contribution in [0.25, 0.3) is 0 Å². The molecule has 0 spiro atoms. The van der Waals surface area contributed by atoms with Gasteiger partial charge in [0.25, 0.3) is 5.91 Å². The van der Waals surface area contributed by atoms with Gasteiger partial charge in [0.1, 0.15) is 0 Å². The van der Waals surface area contributed by atoms with Crippen LogP contribution < -0.4 is 10.2 Å². The van der Waals surface area contributed by atoms with Crippen molar-refractivity contribution in [2.75, 3.05) is 23.8 Å². The number of fused-ring (bicyclic) bond motifs is 1. The van der Waals surface area contributed by atoms with Gasteiger partial charge < -0.3 is 15.1 Å². The Balaban J connectivity index is 1.59. The maximum Gasteiger partial charge on any atom is 0.255 e. The number of hydrogen-bond acceptors (Lipinski definition) is 6. The molecule has 0 fully saturated rings. The van der Waals surface area contributed by atoms with E-state index in [0.29, 0.717) is 35.2 Å². The van der Waals surface area contributed by atoms with E-state index in [1.807, 2.05) is 17.5 Å². The Hall–Kier alpha value is -2.97. The molecule has 1 aliphatic heterocycles. The third-order valence-electron chi connectivity index (χ3n) is 4.60. The minimum absolute atomic E-state index is 0.0883. The molecule has 0 aliphatic carbocycles. The molecule has 0 radical (unpaired) electrons. The molecule has 1 N–H and O–H groups in total. The standard InChI is InChI=1S/C20H18ClN5O2S/c1-25(10-16-11-29-12-24-16)20(28)14-6-17-19(22-7-14)23-8-18(27)26(17)9-13-2-4-15(21)5-3-13/h2-7,11-12H,8-10H2,1H3,(H,22,23). The monoisotopic (exact) mass is 427 g/mol. The first-order chi connectivity index (χ1) is 14.0. The fourth-order valence-corrected chi connectivity index (χ4v) is 3.77. The second-order valence-electron chi connectivity index (χ2n) is 6.69. The van der Waals surface area contributed by atoms with Crippen LogP contribution in [0.2, 0.25) is 5.02 Å². The molecule has 0 saturated heterocycles. The van der Waals surface area contributed by atoms with Crippen molar-refractivity contribution in [2.45, 2.75) is 13.1 Å². The Morgan fingerprint density at radius 1 is 1.31 bits per heavy atom. The SMILES string of the molecule is CN(Cc1cscn1)C(=O)c1cnc2c(c1)N(Cc1ccc(Cl)cc1)C(=O)CN2. The van der Waals surface area contributed by atoms with Gasteiger partial charge in [0, 0.05) is 23.6 Å². The minimum atomic E-state index is -0.183. The zero-order valence-corrected chi connectivity index (χ0v) is 17.2. The fourth-order valence-electron chi connectivity index (χ4n) is 3.10. The molecule has 2 aromatic heterocycles. The number of hydrogen-bond donors (Lipinski definition) is 1. The van der Waals surface area contributed by atoms with Crippen molar-refractivity contribution in [2.24, 2.45) is 0 Å². The van der Waals surface area contributed by atoms with Gasteiger partial charge in [0.2, 0.25) is 5.91 Å². The molecule has 0 saturated carbocycles. The van der Waals surface area contributed by atoms with Gasteiger partial charge in [-0.05, 0) is 23.8 Å². The van der Waals surface area contributed by atoms with Crippen molar-refractivity contribution in [3.63, 3.8) is 0 Å². The van der Waals surface area contributed by atoms with Crippen LogP contribution in [0.1, 0.15) is 21.6 Å². The number of aromatic nitrogens is 2. The van der Waals surface area contributed by atoms with Crippen LogP contribution >= 0.6 is 22.9 Å². The zero-order chi connectivity index (χ0) is 20.4. The summed E-state index contributed by atoms with van der Waals surface area (Å²) in [6, 6.07) is 9.04. The predicted molar refractivity (Wildman–Crippen MR) is 113 cm³/mol. The summed E-state index contributed by atoms with van der Waals surface area (Å²) >= 11 is 7.44.